The minimum atomic E-state index is -3.90. The molecule has 0 saturated carbocycles. The first kappa shape index (κ1) is 8.08. The predicted molar refractivity (Wildman–Crippen MR) is 27.6 cm³/mol. The van der Waals surface area contributed by atoms with Crippen molar-refractivity contribution < 1.29 is 18.0 Å². The molecule has 0 spiro atoms. The van der Waals surface area contributed by atoms with E-state index in [4.69, 9.17) is 0 Å². The van der Waals surface area contributed by atoms with Gasteiger partial charge in [-0.2, -0.15) is 4.20 Å². The Bertz CT molecular complexity index is 105. The zero-order chi connectivity index (χ0) is 6.62. The molecule has 0 fully saturated rings. The quantitative estimate of drug-likeness (QED) is 0.558. The van der Waals surface area contributed by atoms with Crippen LogP contribution in [-0.2, 0) is 13.8 Å². The predicted octanol–water partition coefficient (Wildman–Crippen LogP) is 1.40. The maximum atomic E-state index is 12.0. The van der Waals surface area contributed by atoms with Gasteiger partial charge in [-0.05, 0) is 0 Å². The van der Waals surface area contributed by atoms with Crippen LogP contribution < -0.4 is 0 Å². The van der Waals surface area contributed by atoms with Gasteiger partial charge >= 0.3 is 7.68 Å². The molecule has 8 heavy (non-hydrogen) atoms. The highest BCUT2D eigenvalue weighted by molar-refractivity contribution is 7.53. The van der Waals surface area contributed by atoms with Crippen LogP contribution in [-0.4, -0.2) is 20.6 Å². The van der Waals surface area contributed by atoms with Crippen LogP contribution >= 0.6 is 7.68 Å². The van der Waals surface area contributed by atoms with E-state index in [0.717, 1.165) is 7.11 Å². The smallest absolute Gasteiger partial charge is 0.372 e. The fourth-order valence-corrected chi connectivity index (χ4v) is 0.621. The fourth-order valence-electron chi connectivity index (χ4n) is 0.207. The maximum absolute atomic E-state index is 12.0. The van der Waals surface area contributed by atoms with Crippen LogP contribution in [0.3, 0.4) is 0 Å². The van der Waals surface area contributed by atoms with E-state index in [-0.39, 0.29) is 0 Å². The van der Waals surface area contributed by atoms with Crippen LogP contribution in [0.1, 0.15) is 0 Å². The summed E-state index contributed by atoms with van der Waals surface area (Å²) >= 11 is 0. The molecule has 0 bridgehead atoms. The normalized spacial score (nSPS) is 17.9. The lowest BCUT2D eigenvalue weighted by Gasteiger charge is -2.01. The third kappa shape index (κ3) is 3.13. The van der Waals surface area contributed by atoms with Gasteiger partial charge < -0.3 is 9.26 Å². The number of ether oxygens (including phenoxy) is 1. The van der Waals surface area contributed by atoms with Gasteiger partial charge in [0.15, 0.2) is 6.35 Å². The molecule has 0 heterocycles. The summed E-state index contributed by atoms with van der Waals surface area (Å²) in [6.07, 6.45) is -0.469. The minimum absolute atomic E-state index is 0.469. The summed E-state index contributed by atoms with van der Waals surface area (Å²) < 4.78 is 30.4. The van der Waals surface area contributed by atoms with E-state index in [2.05, 4.69) is 9.26 Å². The van der Waals surface area contributed by atoms with Crippen molar-refractivity contribution in [2.24, 2.45) is 0 Å². The standard InChI is InChI=1S/C3H8FO3P/c1-6-3-8(4,5)7-2/h3H2,1-2H3. The summed E-state index contributed by atoms with van der Waals surface area (Å²) in [6, 6.07) is 0. The van der Waals surface area contributed by atoms with Gasteiger partial charge in [0, 0.05) is 14.2 Å². The van der Waals surface area contributed by atoms with E-state index < -0.39 is 14.0 Å². The minimum Gasteiger partial charge on any atom is -0.372 e. The van der Waals surface area contributed by atoms with Crippen molar-refractivity contribution in [3.63, 3.8) is 0 Å². The topological polar surface area (TPSA) is 35.5 Å². The largest absolute Gasteiger partial charge is 0.391 e. The van der Waals surface area contributed by atoms with Crippen LogP contribution in [0.5, 0.6) is 0 Å². The highest BCUT2D eigenvalue weighted by Gasteiger charge is 2.18. The molecule has 0 rings (SSSR count). The lowest BCUT2D eigenvalue weighted by molar-refractivity contribution is 0.219. The molecule has 5 heteroatoms. The highest BCUT2D eigenvalue weighted by Crippen LogP contribution is 2.46. The van der Waals surface area contributed by atoms with Gasteiger partial charge in [0.25, 0.3) is 0 Å². The first-order valence-electron chi connectivity index (χ1n) is 1.96. The molecule has 0 aromatic carbocycles. The van der Waals surface area contributed by atoms with Gasteiger partial charge in [-0.15, -0.1) is 0 Å². The molecule has 0 aliphatic heterocycles. The van der Waals surface area contributed by atoms with Gasteiger partial charge in [0.05, 0.1) is 0 Å². The van der Waals surface area contributed by atoms with Crippen LogP contribution in [0.4, 0.5) is 4.20 Å². The molecule has 0 amide bonds. The summed E-state index contributed by atoms with van der Waals surface area (Å²) in [4.78, 5) is 0. The van der Waals surface area contributed by atoms with Crippen LogP contribution in [0.25, 0.3) is 0 Å². The number of hydrogen-bond donors (Lipinski definition) is 0. The third-order valence-corrected chi connectivity index (χ3v) is 1.67. The molecule has 0 saturated heterocycles. The Labute approximate surface area is 47.4 Å². The fraction of sp³-hybridized carbons (Fsp3) is 1.00. The Kier molecular flexibility index (Phi) is 3.21. The van der Waals surface area contributed by atoms with Gasteiger partial charge in [-0.3, -0.25) is 4.57 Å². The Morgan fingerprint density at radius 1 is 1.62 bits per heavy atom. The van der Waals surface area contributed by atoms with Gasteiger partial charge in [-0.1, -0.05) is 0 Å². The maximum Gasteiger partial charge on any atom is 0.391 e. The van der Waals surface area contributed by atoms with E-state index in [9.17, 15) is 8.76 Å². The van der Waals surface area contributed by atoms with Gasteiger partial charge in [0.1, 0.15) is 0 Å². The van der Waals surface area contributed by atoms with Gasteiger partial charge in [-0.25, -0.2) is 0 Å². The average Bonchev–Trinajstić information content (AvgIpc) is 1.67. The zero-order valence-electron chi connectivity index (χ0n) is 4.76. The summed E-state index contributed by atoms with van der Waals surface area (Å²) in [5.74, 6) is 0. The Hall–Kier alpha value is 0.0800. The molecule has 0 aliphatic rings. The second-order valence-corrected chi connectivity index (χ2v) is 2.99. The SMILES string of the molecule is COCP(=O)(F)OC. The van der Waals surface area contributed by atoms with Crippen molar-refractivity contribution in [3.05, 3.63) is 0 Å². The third-order valence-electron chi connectivity index (χ3n) is 0.556. The molecule has 0 N–H and O–H groups in total. The Morgan fingerprint density at radius 2 is 2.12 bits per heavy atom. The second-order valence-electron chi connectivity index (χ2n) is 1.19. The summed E-state index contributed by atoms with van der Waals surface area (Å²) in [7, 11) is -1.60. The highest BCUT2D eigenvalue weighted by atomic mass is 31.2. The van der Waals surface area contributed by atoms with Crippen molar-refractivity contribution >= 4 is 7.68 Å². The molecule has 0 aromatic heterocycles. The molecule has 1 unspecified atom stereocenters. The van der Waals surface area contributed by atoms with E-state index in [0.29, 0.717) is 0 Å². The van der Waals surface area contributed by atoms with Crippen molar-refractivity contribution in [2.75, 3.05) is 20.6 Å². The number of hydrogen-bond acceptors (Lipinski definition) is 3. The molecule has 0 aromatic rings. The van der Waals surface area contributed by atoms with E-state index in [1.54, 1.807) is 0 Å². The lowest BCUT2D eigenvalue weighted by Crippen LogP contribution is -1.87. The molecular weight excluding hydrogens is 134 g/mol. The van der Waals surface area contributed by atoms with Gasteiger partial charge in [0.2, 0.25) is 0 Å². The summed E-state index contributed by atoms with van der Waals surface area (Å²) in [5, 5.41) is 0. The zero-order valence-corrected chi connectivity index (χ0v) is 5.65. The molecule has 3 nitrogen and oxygen atoms in total. The summed E-state index contributed by atoms with van der Waals surface area (Å²) in [6.45, 7) is 0. The molecule has 0 radical (unpaired) electrons. The monoisotopic (exact) mass is 142 g/mol. The van der Waals surface area contributed by atoms with Crippen LogP contribution in [0, 0.1) is 0 Å². The first-order valence-corrected chi connectivity index (χ1v) is 3.66. The van der Waals surface area contributed by atoms with Crippen molar-refractivity contribution in [2.45, 2.75) is 0 Å². The van der Waals surface area contributed by atoms with Crippen molar-refractivity contribution in [1.29, 1.82) is 0 Å². The Balaban J connectivity index is 3.55. The van der Waals surface area contributed by atoms with Crippen LogP contribution in [0.2, 0.25) is 0 Å². The van der Waals surface area contributed by atoms with E-state index in [1.165, 1.54) is 7.11 Å². The Morgan fingerprint density at radius 3 is 2.25 bits per heavy atom. The van der Waals surface area contributed by atoms with E-state index >= 15 is 0 Å². The second kappa shape index (κ2) is 3.17. The molecular formula is C3H8FO3P. The van der Waals surface area contributed by atoms with Crippen LogP contribution in [0.15, 0.2) is 0 Å². The first-order chi connectivity index (χ1) is 3.62. The lowest BCUT2D eigenvalue weighted by atomic mass is 11.5. The summed E-state index contributed by atoms with van der Waals surface area (Å²) in [5.41, 5.74) is 0. The molecule has 1 atom stereocenters. The average molecular weight is 142 g/mol. The number of methoxy groups -OCH3 is 1. The van der Waals surface area contributed by atoms with Crippen molar-refractivity contribution in [3.8, 4) is 0 Å². The number of halogens is 1. The molecule has 50 valence electrons. The number of rotatable bonds is 3. The van der Waals surface area contributed by atoms with Crippen molar-refractivity contribution in [1.82, 2.24) is 0 Å². The molecule has 0 aliphatic carbocycles. The van der Waals surface area contributed by atoms with E-state index in [1.807, 2.05) is 0 Å².